The second-order valence-corrected chi connectivity index (χ2v) is 4.66. The quantitative estimate of drug-likeness (QED) is 0.587. The topological polar surface area (TPSA) is 64.3 Å². The van der Waals surface area contributed by atoms with Crippen molar-refractivity contribution in [3.63, 3.8) is 0 Å². The van der Waals surface area contributed by atoms with E-state index in [-0.39, 0.29) is 5.91 Å². The molecule has 3 N–H and O–H groups in total. The summed E-state index contributed by atoms with van der Waals surface area (Å²) in [7, 11) is 0. The molecule has 0 saturated heterocycles. The molecule has 0 radical (unpaired) electrons. The van der Waals surface area contributed by atoms with Crippen molar-refractivity contribution in [2.75, 3.05) is 26.3 Å². The summed E-state index contributed by atoms with van der Waals surface area (Å²) in [5.41, 5.74) is 5.04. The first-order chi connectivity index (χ1) is 7.54. The van der Waals surface area contributed by atoms with Crippen molar-refractivity contribution in [1.29, 1.82) is 0 Å². The lowest BCUT2D eigenvalue weighted by Crippen LogP contribution is -2.42. The number of unbranched alkanes of at least 4 members (excludes halogenated alkanes) is 1. The van der Waals surface area contributed by atoms with Gasteiger partial charge in [-0.3, -0.25) is 4.79 Å². The second kappa shape index (κ2) is 8.53. The predicted molar refractivity (Wildman–Crippen MR) is 66.2 cm³/mol. The Morgan fingerprint density at radius 1 is 1.31 bits per heavy atom. The molecule has 16 heavy (non-hydrogen) atoms. The summed E-state index contributed by atoms with van der Waals surface area (Å²) in [6.07, 6.45) is 3.12. The maximum atomic E-state index is 11.6. The van der Waals surface area contributed by atoms with E-state index in [0.717, 1.165) is 25.9 Å². The number of carbonyl (C=O) groups excluding carboxylic acids is 1. The smallest absolute Gasteiger partial charge is 0.226 e. The van der Waals surface area contributed by atoms with E-state index < -0.39 is 5.41 Å². The van der Waals surface area contributed by atoms with Crippen LogP contribution in [0.1, 0.15) is 40.0 Å². The largest absolute Gasteiger partial charge is 0.381 e. The van der Waals surface area contributed by atoms with Gasteiger partial charge in [0.05, 0.1) is 5.41 Å². The van der Waals surface area contributed by atoms with Crippen molar-refractivity contribution in [1.82, 2.24) is 5.32 Å². The number of hydrogen-bond acceptors (Lipinski definition) is 3. The minimum Gasteiger partial charge on any atom is -0.381 e. The van der Waals surface area contributed by atoms with Gasteiger partial charge in [0.25, 0.3) is 0 Å². The standard InChI is InChI=1S/C12H26N2O2/c1-4-5-8-16-9-6-7-14-11(15)12(2,3)10-13/h4-10,13H2,1-3H3,(H,14,15). The van der Waals surface area contributed by atoms with Crippen LogP contribution < -0.4 is 11.1 Å². The molecule has 0 aliphatic carbocycles. The van der Waals surface area contributed by atoms with Crippen LogP contribution in [-0.2, 0) is 9.53 Å². The highest BCUT2D eigenvalue weighted by Crippen LogP contribution is 2.11. The molecule has 0 unspecified atom stereocenters. The number of nitrogens with two attached hydrogens (primary N) is 1. The summed E-state index contributed by atoms with van der Waals surface area (Å²) in [5, 5.41) is 2.87. The average Bonchev–Trinajstić information content (AvgIpc) is 2.27. The number of hydrogen-bond donors (Lipinski definition) is 2. The van der Waals surface area contributed by atoms with Crippen LogP contribution in [0.25, 0.3) is 0 Å². The van der Waals surface area contributed by atoms with Gasteiger partial charge in [0, 0.05) is 26.3 Å². The molecule has 0 saturated carbocycles. The Balaban J connectivity index is 3.42. The second-order valence-electron chi connectivity index (χ2n) is 4.66. The van der Waals surface area contributed by atoms with Crippen LogP contribution in [0.2, 0.25) is 0 Å². The molecule has 0 aromatic rings. The fraction of sp³-hybridized carbons (Fsp3) is 0.917. The number of rotatable bonds is 9. The van der Waals surface area contributed by atoms with Gasteiger partial charge in [-0.2, -0.15) is 0 Å². The van der Waals surface area contributed by atoms with Crippen molar-refractivity contribution in [2.45, 2.75) is 40.0 Å². The van der Waals surface area contributed by atoms with Crippen molar-refractivity contribution >= 4 is 5.91 Å². The maximum Gasteiger partial charge on any atom is 0.226 e. The first-order valence-electron chi connectivity index (χ1n) is 6.10. The molecule has 0 aromatic carbocycles. The lowest BCUT2D eigenvalue weighted by Gasteiger charge is -2.21. The van der Waals surface area contributed by atoms with Crippen LogP contribution in [0.15, 0.2) is 0 Å². The predicted octanol–water partition coefficient (Wildman–Crippen LogP) is 1.29. The monoisotopic (exact) mass is 230 g/mol. The Bertz CT molecular complexity index is 193. The Kier molecular flexibility index (Phi) is 8.21. The van der Waals surface area contributed by atoms with Crippen LogP contribution in [0.3, 0.4) is 0 Å². The van der Waals surface area contributed by atoms with Crippen molar-refractivity contribution < 1.29 is 9.53 Å². The summed E-state index contributed by atoms with van der Waals surface area (Å²) < 4.78 is 5.39. The van der Waals surface area contributed by atoms with Gasteiger partial charge < -0.3 is 15.8 Å². The molecule has 96 valence electrons. The molecule has 0 heterocycles. The molecule has 0 aliphatic heterocycles. The highest BCUT2D eigenvalue weighted by molar-refractivity contribution is 5.81. The fourth-order valence-corrected chi connectivity index (χ4v) is 1.06. The molecule has 0 bridgehead atoms. The molecule has 0 aromatic heterocycles. The highest BCUT2D eigenvalue weighted by atomic mass is 16.5. The first kappa shape index (κ1) is 15.4. The van der Waals surface area contributed by atoms with E-state index in [9.17, 15) is 4.79 Å². The Hall–Kier alpha value is -0.610. The van der Waals surface area contributed by atoms with E-state index in [1.807, 2.05) is 13.8 Å². The van der Waals surface area contributed by atoms with Crippen molar-refractivity contribution in [2.24, 2.45) is 11.1 Å². The lowest BCUT2D eigenvalue weighted by molar-refractivity contribution is -0.128. The third-order valence-corrected chi connectivity index (χ3v) is 2.52. The van der Waals surface area contributed by atoms with E-state index in [0.29, 0.717) is 19.7 Å². The molecular formula is C12H26N2O2. The number of amides is 1. The van der Waals surface area contributed by atoms with Gasteiger partial charge in [-0.05, 0) is 26.7 Å². The van der Waals surface area contributed by atoms with Crippen molar-refractivity contribution in [3.05, 3.63) is 0 Å². The van der Waals surface area contributed by atoms with Crippen molar-refractivity contribution in [3.8, 4) is 0 Å². The van der Waals surface area contributed by atoms with Crippen LogP contribution >= 0.6 is 0 Å². The van der Waals surface area contributed by atoms with Gasteiger partial charge >= 0.3 is 0 Å². The minimum absolute atomic E-state index is 0.0172. The SMILES string of the molecule is CCCCOCCCNC(=O)C(C)(C)CN. The highest BCUT2D eigenvalue weighted by Gasteiger charge is 2.24. The lowest BCUT2D eigenvalue weighted by atomic mass is 9.93. The van der Waals surface area contributed by atoms with Crippen LogP contribution in [0.5, 0.6) is 0 Å². The number of ether oxygens (including phenoxy) is 1. The van der Waals surface area contributed by atoms with Gasteiger partial charge in [0.1, 0.15) is 0 Å². The van der Waals surface area contributed by atoms with Gasteiger partial charge in [0.15, 0.2) is 0 Å². The Labute approximate surface area is 98.9 Å². The van der Waals surface area contributed by atoms with Crippen LogP contribution in [0.4, 0.5) is 0 Å². The summed E-state index contributed by atoms with van der Waals surface area (Å²) in [5.74, 6) is 0.0172. The molecule has 4 nitrogen and oxygen atoms in total. The van der Waals surface area contributed by atoms with E-state index in [1.54, 1.807) is 0 Å². The molecule has 0 aliphatic rings. The van der Waals surface area contributed by atoms with Crippen LogP contribution in [0, 0.1) is 5.41 Å². The van der Waals surface area contributed by atoms with Gasteiger partial charge in [-0.1, -0.05) is 13.3 Å². The molecule has 0 spiro atoms. The zero-order chi connectivity index (χ0) is 12.4. The van der Waals surface area contributed by atoms with E-state index >= 15 is 0 Å². The number of nitrogens with one attached hydrogen (secondary N) is 1. The first-order valence-corrected chi connectivity index (χ1v) is 6.10. The van der Waals surface area contributed by atoms with Gasteiger partial charge in [-0.15, -0.1) is 0 Å². The molecule has 0 atom stereocenters. The van der Waals surface area contributed by atoms with E-state index in [2.05, 4.69) is 12.2 Å². The number of carbonyl (C=O) groups is 1. The van der Waals surface area contributed by atoms with E-state index in [4.69, 9.17) is 10.5 Å². The molecule has 0 fully saturated rings. The molecular weight excluding hydrogens is 204 g/mol. The summed E-state index contributed by atoms with van der Waals surface area (Å²) >= 11 is 0. The fourth-order valence-electron chi connectivity index (χ4n) is 1.06. The normalized spacial score (nSPS) is 11.5. The summed E-state index contributed by atoms with van der Waals surface area (Å²) in [4.78, 5) is 11.6. The zero-order valence-electron chi connectivity index (χ0n) is 10.8. The van der Waals surface area contributed by atoms with E-state index in [1.165, 1.54) is 0 Å². The maximum absolute atomic E-state index is 11.6. The summed E-state index contributed by atoms with van der Waals surface area (Å²) in [6, 6.07) is 0. The third-order valence-electron chi connectivity index (χ3n) is 2.52. The Morgan fingerprint density at radius 2 is 1.94 bits per heavy atom. The van der Waals surface area contributed by atoms with Gasteiger partial charge in [-0.25, -0.2) is 0 Å². The van der Waals surface area contributed by atoms with Crippen LogP contribution in [-0.4, -0.2) is 32.2 Å². The minimum atomic E-state index is -0.469. The molecule has 0 rings (SSSR count). The molecule has 4 heteroatoms. The third kappa shape index (κ3) is 6.80. The zero-order valence-corrected chi connectivity index (χ0v) is 10.8. The molecule has 1 amide bonds. The summed E-state index contributed by atoms with van der Waals surface area (Å²) in [6.45, 7) is 8.39. The Morgan fingerprint density at radius 3 is 2.50 bits per heavy atom. The van der Waals surface area contributed by atoms with Gasteiger partial charge in [0.2, 0.25) is 5.91 Å². The average molecular weight is 230 g/mol.